The van der Waals surface area contributed by atoms with E-state index in [1.807, 2.05) is 12.1 Å². The molecule has 6 aromatic carbocycles. The normalized spacial score (nSPS) is 16.3. The molecule has 0 amide bonds. The molecule has 7 aromatic rings. The Hall–Kier alpha value is -6.78. The molecule has 2 aliphatic heterocycles. The summed E-state index contributed by atoms with van der Waals surface area (Å²) in [5, 5.41) is 1.19. The van der Waals surface area contributed by atoms with Gasteiger partial charge in [0.2, 0.25) is 5.96 Å². The fraction of sp³-hybridized carbons (Fsp3) is 0.0417. The van der Waals surface area contributed by atoms with Gasteiger partial charge in [0.25, 0.3) is 0 Å². The molecule has 52 heavy (non-hydrogen) atoms. The van der Waals surface area contributed by atoms with Crippen molar-refractivity contribution in [3.8, 4) is 11.1 Å². The van der Waals surface area contributed by atoms with E-state index in [1.54, 1.807) is 0 Å². The fourth-order valence-electron chi connectivity index (χ4n) is 8.10. The molecule has 0 spiro atoms. The summed E-state index contributed by atoms with van der Waals surface area (Å²) in [5.74, 6) is 0.630. The van der Waals surface area contributed by atoms with Gasteiger partial charge in [-0.1, -0.05) is 140 Å². The molecule has 1 unspecified atom stereocenters. The molecule has 10 rings (SSSR count). The van der Waals surface area contributed by atoms with Crippen LogP contribution in [0.1, 0.15) is 27.9 Å². The SMILES string of the molecule is C=C1C=C(c2cccc(-c3ccccc3)c2)N=C(n2c3c(c4ccccc42)C=C2c4ccccc4N(c4ccccc4)C2C3)N=C1c1ccccc1. The Morgan fingerprint density at radius 1 is 0.577 bits per heavy atom. The minimum absolute atomic E-state index is 0.117. The number of para-hydroxylation sites is 3. The monoisotopic (exact) mass is 666 g/mol. The summed E-state index contributed by atoms with van der Waals surface area (Å²) in [6, 6.07) is 57.8. The van der Waals surface area contributed by atoms with Gasteiger partial charge < -0.3 is 4.90 Å². The number of fused-ring (bicyclic) bond motifs is 6. The van der Waals surface area contributed by atoms with Gasteiger partial charge in [-0.2, -0.15) is 0 Å². The lowest BCUT2D eigenvalue weighted by molar-refractivity contribution is 0.778. The molecule has 4 nitrogen and oxygen atoms in total. The largest absolute Gasteiger partial charge is 0.333 e. The minimum Gasteiger partial charge on any atom is -0.333 e. The Kier molecular flexibility index (Phi) is 7.07. The van der Waals surface area contributed by atoms with E-state index < -0.39 is 0 Å². The van der Waals surface area contributed by atoms with Crippen molar-refractivity contribution in [3.05, 3.63) is 210 Å². The molecule has 0 fully saturated rings. The lowest BCUT2D eigenvalue weighted by atomic mass is 9.89. The number of rotatable bonds is 4. The van der Waals surface area contributed by atoms with Crippen LogP contribution in [0.25, 0.3) is 39.4 Å². The number of benzene rings is 6. The summed E-state index contributed by atoms with van der Waals surface area (Å²) in [7, 11) is 0. The van der Waals surface area contributed by atoms with Crippen LogP contribution in [0.5, 0.6) is 0 Å². The smallest absolute Gasteiger partial charge is 0.235 e. The maximum atomic E-state index is 5.47. The highest BCUT2D eigenvalue weighted by molar-refractivity contribution is 6.21. The van der Waals surface area contributed by atoms with Crippen molar-refractivity contribution in [2.45, 2.75) is 12.5 Å². The number of nitrogens with zero attached hydrogens (tertiary/aromatic N) is 4. The molecule has 1 aliphatic carbocycles. The number of allylic oxidation sites excluding steroid dienone is 2. The summed E-state index contributed by atoms with van der Waals surface area (Å²) < 4.78 is 2.31. The van der Waals surface area contributed by atoms with Gasteiger partial charge in [-0.15, -0.1) is 0 Å². The van der Waals surface area contributed by atoms with E-state index in [4.69, 9.17) is 9.98 Å². The van der Waals surface area contributed by atoms with Crippen molar-refractivity contribution in [1.82, 2.24) is 4.57 Å². The molecule has 1 aromatic heterocycles. The maximum Gasteiger partial charge on any atom is 0.235 e. The van der Waals surface area contributed by atoms with E-state index in [2.05, 4.69) is 180 Å². The summed E-state index contributed by atoms with van der Waals surface area (Å²) in [6.45, 7) is 4.56. The van der Waals surface area contributed by atoms with E-state index in [0.717, 1.165) is 51.2 Å². The Bertz CT molecular complexity index is 2660. The highest BCUT2D eigenvalue weighted by Gasteiger charge is 2.39. The first kappa shape index (κ1) is 30.1. The first-order chi connectivity index (χ1) is 25.7. The number of aliphatic imine (C=N–C) groups is 2. The van der Waals surface area contributed by atoms with E-state index in [0.29, 0.717) is 5.96 Å². The highest BCUT2D eigenvalue weighted by atomic mass is 15.2. The van der Waals surface area contributed by atoms with E-state index >= 15 is 0 Å². The Balaban J connectivity index is 1.20. The number of hydrogen-bond acceptors (Lipinski definition) is 3. The fourth-order valence-corrected chi connectivity index (χ4v) is 8.10. The molecule has 246 valence electrons. The first-order valence-electron chi connectivity index (χ1n) is 17.8. The second-order valence-corrected chi connectivity index (χ2v) is 13.5. The van der Waals surface area contributed by atoms with Gasteiger partial charge in [0.15, 0.2) is 0 Å². The van der Waals surface area contributed by atoms with Gasteiger partial charge in [-0.25, -0.2) is 9.98 Å². The molecule has 0 radical (unpaired) electrons. The molecule has 1 atom stereocenters. The third-order valence-electron chi connectivity index (χ3n) is 10.4. The van der Waals surface area contributed by atoms with Gasteiger partial charge in [0.1, 0.15) is 0 Å². The zero-order valence-corrected chi connectivity index (χ0v) is 28.5. The van der Waals surface area contributed by atoms with Crippen LogP contribution in [-0.4, -0.2) is 22.3 Å². The van der Waals surface area contributed by atoms with Crippen LogP contribution < -0.4 is 4.90 Å². The third-order valence-corrected chi connectivity index (χ3v) is 10.4. The van der Waals surface area contributed by atoms with Crippen molar-refractivity contribution >= 4 is 51.3 Å². The van der Waals surface area contributed by atoms with Gasteiger partial charge in [0.05, 0.1) is 23.0 Å². The maximum absolute atomic E-state index is 5.47. The van der Waals surface area contributed by atoms with Gasteiger partial charge in [-0.3, -0.25) is 4.57 Å². The molecule has 0 saturated carbocycles. The lowest BCUT2D eigenvalue weighted by Crippen LogP contribution is -2.32. The van der Waals surface area contributed by atoms with Crippen molar-refractivity contribution in [3.63, 3.8) is 0 Å². The van der Waals surface area contributed by atoms with E-state index in [1.165, 1.54) is 39.2 Å². The van der Waals surface area contributed by atoms with Crippen LogP contribution >= 0.6 is 0 Å². The summed E-state index contributed by atoms with van der Waals surface area (Å²) in [5.41, 5.74) is 15.3. The molecular formula is C48H34N4. The van der Waals surface area contributed by atoms with Crippen LogP contribution in [0.3, 0.4) is 0 Å². The number of aromatic nitrogens is 1. The average Bonchev–Trinajstić information content (AvgIpc) is 3.64. The summed E-state index contributed by atoms with van der Waals surface area (Å²) >= 11 is 0. The topological polar surface area (TPSA) is 32.9 Å². The molecule has 3 heterocycles. The van der Waals surface area contributed by atoms with Crippen LogP contribution in [0.15, 0.2) is 192 Å². The molecule has 0 N–H and O–H groups in total. The Morgan fingerprint density at radius 2 is 1.23 bits per heavy atom. The zero-order valence-electron chi connectivity index (χ0n) is 28.5. The van der Waals surface area contributed by atoms with Crippen molar-refractivity contribution in [2.24, 2.45) is 9.98 Å². The molecule has 3 aliphatic rings. The quantitative estimate of drug-likeness (QED) is 0.184. The van der Waals surface area contributed by atoms with Crippen molar-refractivity contribution < 1.29 is 0 Å². The molecule has 0 bridgehead atoms. The zero-order chi connectivity index (χ0) is 34.6. The van der Waals surface area contributed by atoms with Crippen molar-refractivity contribution in [1.29, 1.82) is 0 Å². The molecule has 4 heteroatoms. The number of hydrogen-bond donors (Lipinski definition) is 0. The lowest BCUT2D eigenvalue weighted by Gasteiger charge is -2.30. The summed E-state index contributed by atoms with van der Waals surface area (Å²) in [4.78, 5) is 13.4. The van der Waals surface area contributed by atoms with Gasteiger partial charge >= 0.3 is 0 Å². The Morgan fingerprint density at radius 3 is 2.04 bits per heavy atom. The molecular weight excluding hydrogens is 633 g/mol. The standard InChI is InChI=1S/C48H34N4/c1-32-28-42(36-21-15-20-35(29-36)33-16-5-2-6-17-33)49-48(50-47(32)34-18-7-3-8-19-34)52-44-27-14-12-25-39(44)41-30-40-38-24-11-13-26-43(38)51(45(40)31-46(41)52)37-22-9-4-10-23-37/h2-30,45H,1,31H2. The van der Waals surface area contributed by atoms with Gasteiger partial charge in [-0.05, 0) is 64.8 Å². The second kappa shape index (κ2) is 12.2. The van der Waals surface area contributed by atoms with Crippen LogP contribution in [0, 0.1) is 0 Å². The molecule has 0 saturated heterocycles. The van der Waals surface area contributed by atoms with Crippen LogP contribution in [0.2, 0.25) is 0 Å². The second-order valence-electron chi connectivity index (χ2n) is 13.5. The summed E-state index contributed by atoms with van der Waals surface area (Å²) in [6.07, 6.45) is 5.30. The predicted octanol–water partition coefficient (Wildman–Crippen LogP) is 11.2. The third kappa shape index (κ3) is 4.91. The minimum atomic E-state index is 0.117. The van der Waals surface area contributed by atoms with Crippen molar-refractivity contribution in [2.75, 3.05) is 4.90 Å². The highest BCUT2D eigenvalue weighted by Crippen LogP contribution is 2.50. The van der Waals surface area contributed by atoms with E-state index in [-0.39, 0.29) is 6.04 Å². The van der Waals surface area contributed by atoms with Crippen LogP contribution in [-0.2, 0) is 6.42 Å². The predicted molar refractivity (Wildman–Crippen MR) is 217 cm³/mol. The Labute approximate surface area is 303 Å². The first-order valence-corrected chi connectivity index (χ1v) is 17.8. The van der Waals surface area contributed by atoms with Crippen LogP contribution in [0.4, 0.5) is 11.4 Å². The average molecular weight is 667 g/mol. The van der Waals surface area contributed by atoms with E-state index in [9.17, 15) is 0 Å². The number of anilines is 2. The van der Waals surface area contributed by atoms with Gasteiger partial charge in [0, 0.05) is 51.1 Å².